The molecule has 1 rings (SSSR count). The van der Waals surface area contributed by atoms with Crippen LogP contribution in [-0.4, -0.2) is 0 Å². The largest absolute Gasteiger partial charge is 0.271 e. The van der Waals surface area contributed by atoms with Gasteiger partial charge in [-0.05, 0) is 42.7 Å². The van der Waals surface area contributed by atoms with E-state index in [1.807, 2.05) is 0 Å². The van der Waals surface area contributed by atoms with Gasteiger partial charge in [0.1, 0.15) is 0 Å². The number of thiophene rings is 1. The predicted octanol–water partition coefficient (Wildman–Crippen LogP) is 3.00. The minimum atomic E-state index is 0.322. The first kappa shape index (κ1) is 11.7. The number of hydrogen-bond donors (Lipinski definition) is 2. The van der Waals surface area contributed by atoms with Crippen LogP contribution in [0.5, 0.6) is 0 Å². The number of hydrogen-bond acceptors (Lipinski definition) is 3. The molecule has 0 aliphatic carbocycles. The van der Waals surface area contributed by atoms with Gasteiger partial charge in [0.05, 0.1) is 0 Å². The molecule has 0 amide bonds. The Morgan fingerprint density at radius 1 is 1.43 bits per heavy atom. The van der Waals surface area contributed by atoms with Crippen LogP contribution in [0.4, 0.5) is 0 Å². The minimum Gasteiger partial charge on any atom is -0.271 e. The van der Waals surface area contributed by atoms with Crippen LogP contribution in [0.15, 0.2) is 11.4 Å². The lowest BCUT2D eigenvalue weighted by Crippen LogP contribution is -2.27. The van der Waals surface area contributed by atoms with Gasteiger partial charge in [0, 0.05) is 10.9 Å². The average Bonchev–Trinajstić information content (AvgIpc) is 2.53. The molecule has 0 radical (unpaired) electrons. The van der Waals surface area contributed by atoms with Crippen molar-refractivity contribution >= 4 is 11.3 Å². The highest BCUT2D eigenvalue weighted by Gasteiger charge is 2.11. The monoisotopic (exact) mass is 212 g/mol. The Morgan fingerprint density at radius 3 is 2.57 bits per heavy atom. The van der Waals surface area contributed by atoms with Crippen molar-refractivity contribution < 1.29 is 0 Å². The summed E-state index contributed by atoms with van der Waals surface area (Å²) in [5.41, 5.74) is 4.22. The zero-order chi connectivity index (χ0) is 10.6. The van der Waals surface area contributed by atoms with Gasteiger partial charge in [-0.1, -0.05) is 13.8 Å². The molecule has 0 aliphatic heterocycles. The van der Waals surface area contributed by atoms with Crippen LogP contribution in [0.3, 0.4) is 0 Å². The molecule has 2 nitrogen and oxygen atoms in total. The minimum absolute atomic E-state index is 0.322. The molecule has 3 N–H and O–H groups in total. The van der Waals surface area contributed by atoms with Gasteiger partial charge in [-0.3, -0.25) is 11.3 Å². The predicted molar refractivity (Wildman–Crippen MR) is 63.2 cm³/mol. The van der Waals surface area contributed by atoms with Crippen molar-refractivity contribution in [3.05, 3.63) is 21.9 Å². The third-order valence-corrected chi connectivity index (χ3v) is 3.27. The zero-order valence-corrected chi connectivity index (χ0v) is 10.0. The van der Waals surface area contributed by atoms with Crippen LogP contribution in [0.25, 0.3) is 0 Å². The van der Waals surface area contributed by atoms with Gasteiger partial charge in [0.15, 0.2) is 0 Å². The highest BCUT2D eigenvalue weighted by Crippen LogP contribution is 2.24. The van der Waals surface area contributed by atoms with E-state index in [0.717, 1.165) is 12.3 Å². The SMILES string of the molecule is Cc1cc(C(CCC(C)C)NN)cs1. The Hall–Kier alpha value is -0.380. The van der Waals surface area contributed by atoms with Crippen LogP contribution in [-0.2, 0) is 0 Å². The van der Waals surface area contributed by atoms with Gasteiger partial charge in [-0.25, -0.2) is 0 Å². The van der Waals surface area contributed by atoms with Gasteiger partial charge < -0.3 is 0 Å². The molecule has 80 valence electrons. The first-order chi connectivity index (χ1) is 6.63. The summed E-state index contributed by atoms with van der Waals surface area (Å²) < 4.78 is 0. The molecule has 0 bridgehead atoms. The maximum Gasteiger partial charge on any atom is 0.0468 e. The summed E-state index contributed by atoms with van der Waals surface area (Å²) in [6.07, 6.45) is 2.33. The second-order valence-corrected chi connectivity index (χ2v) is 5.30. The summed E-state index contributed by atoms with van der Waals surface area (Å²) in [4.78, 5) is 1.35. The summed E-state index contributed by atoms with van der Waals surface area (Å²) in [6, 6.07) is 2.54. The lowest BCUT2D eigenvalue weighted by Gasteiger charge is -2.15. The highest BCUT2D eigenvalue weighted by molar-refractivity contribution is 7.10. The molecule has 1 aromatic rings. The van der Waals surface area contributed by atoms with Gasteiger partial charge in [0.25, 0.3) is 0 Å². The van der Waals surface area contributed by atoms with Crippen molar-refractivity contribution in [1.29, 1.82) is 0 Å². The average molecular weight is 212 g/mol. The van der Waals surface area contributed by atoms with Crippen LogP contribution in [0, 0.1) is 12.8 Å². The number of aryl methyl sites for hydroxylation is 1. The third kappa shape index (κ3) is 3.40. The molecular weight excluding hydrogens is 192 g/mol. The van der Waals surface area contributed by atoms with E-state index in [1.165, 1.54) is 16.9 Å². The fourth-order valence-corrected chi connectivity index (χ4v) is 2.25. The van der Waals surface area contributed by atoms with E-state index in [4.69, 9.17) is 5.84 Å². The normalized spacial score (nSPS) is 13.5. The van der Waals surface area contributed by atoms with Crippen LogP contribution in [0.1, 0.15) is 43.2 Å². The first-order valence-electron chi connectivity index (χ1n) is 5.14. The standard InChI is InChI=1S/C11H20N2S/c1-8(2)4-5-11(13-12)10-6-9(3)14-7-10/h6-8,11,13H,4-5,12H2,1-3H3. The maximum atomic E-state index is 5.55. The fraction of sp³-hybridized carbons (Fsp3) is 0.636. The van der Waals surface area contributed by atoms with E-state index < -0.39 is 0 Å². The number of rotatable bonds is 5. The van der Waals surface area contributed by atoms with E-state index in [1.54, 1.807) is 11.3 Å². The molecule has 0 spiro atoms. The van der Waals surface area contributed by atoms with E-state index in [-0.39, 0.29) is 0 Å². The molecule has 14 heavy (non-hydrogen) atoms. The summed E-state index contributed by atoms with van der Waals surface area (Å²) in [5, 5.41) is 2.19. The Kier molecular flexibility index (Phi) is 4.58. The van der Waals surface area contributed by atoms with Gasteiger partial charge in [-0.2, -0.15) is 0 Å². The summed E-state index contributed by atoms with van der Waals surface area (Å²) in [7, 11) is 0. The molecular formula is C11H20N2S. The third-order valence-electron chi connectivity index (χ3n) is 2.39. The molecule has 0 aromatic carbocycles. The molecule has 1 atom stereocenters. The molecule has 1 aromatic heterocycles. The highest BCUT2D eigenvalue weighted by atomic mass is 32.1. The molecule has 1 heterocycles. The summed E-state index contributed by atoms with van der Waals surface area (Å²) >= 11 is 1.79. The van der Waals surface area contributed by atoms with Crippen molar-refractivity contribution in [1.82, 2.24) is 5.43 Å². The quantitative estimate of drug-likeness (QED) is 0.581. The smallest absolute Gasteiger partial charge is 0.0468 e. The maximum absolute atomic E-state index is 5.55. The van der Waals surface area contributed by atoms with Crippen LogP contribution >= 0.6 is 11.3 Å². The van der Waals surface area contributed by atoms with Crippen molar-refractivity contribution in [3.8, 4) is 0 Å². The molecule has 3 heteroatoms. The van der Waals surface area contributed by atoms with Crippen molar-refractivity contribution in [2.45, 2.75) is 39.7 Å². The Balaban J connectivity index is 2.54. The fourth-order valence-electron chi connectivity index (χ4n) is 1.49. The molecule has 1 unspecified atom stereocenters. The zero-order valence-electron chi connectivity index (χ0n) is 9.21. The van der Waals surface area contributed by atoms with Gasteiger partial charge in [-0.15, -0.1) is 11.3 Å². The second-order valence-electron chi connectivity index (χ2n) is 4.18. The van der Waals surface area contributed by atoms with E-state index in [0.29, 0.717) is 6.04 Å². The summed E-state index contributed by atoms with van der Waals surface area (Å²) in [5.74, 6) is 6.30. The van der Waals surface area contributed by atoms with Crippen molar-refractivity contribution in [2.24, 2.45) is 11.8 Å². The van der Waals surface area contributed by atoms with Crippen LogP contribution in [0.2, 0.25) is 0 Å². The van der Waals surface area contributed by atoms with E-state index >= 15 is 0 Å². The summed E-state index contributed by atoms with van der Waals surface area (Å²) in [6.45, 7) is 6.61. The van der Waals surface area contributed by atoms with E-state index in [2.05, 4.69) is 37.6 Å². The molecule has 0 saturated carbocycles. The molecule has 0 aliphatic rings. The number of nitrogens with two attached hydrogens (primary N) is 1. The lowest BCUT2D eigenvalue weighted by atomic mass is 10.00. The van der Waals surface area contributed by atoms with E-state index in [9.17, 15) is 0 Å². The van der Waals surface area contributed by atoms with Crippen LogP contribution < -0.4 is 11.3 Å². The molecule has 0 saturated heterocycles. The van der Waals surface area contributed by atoms with Crippen molar-refractivity contribution in [3.63, 3.8) is 0 Å². The second kappa shape index (κ2) is 5.49. The Bertz CT molecular complexity index is 268. The number of hydrazine groups is 1. The Morgan fingerprint density at radius 2 is 2.14 bits per heavy atom. The topological polar surface area (TPSA) is 38.0 Å². The lowest BCUT2D eigenvalue weighted by molar-refractivity contribution is 0.449. The molecule has 0 fully saturated rings. The van der Waals surface area contributed by atoms with Gasteiger partial charge in [0.2, 0.25) is 0 Å². The van der Waals surface area contributed by atoms with Crippen molar-refractivity contribution in [2.75, 3.05) is 0 Å². The van der Waals surface area contributed by atoms with Gasteiger partial charge >= 0.3 is 0 Å². The first-order valence-corrected chi connectivity index (χ1v) is 6.02. The Labute approximate surface area is 90.5 Å². The number of nitrogens with one attached hydrogen (secondary N) is 1.